The number of piperazine rings is 1. The minimum absolute atomic E-state index is 0.00193. The third-order valence-corrected chi connectivity index (χ3v) is 6.56. The molecule has 144 valence electrons. The van der Waals surface area contributed by atoms with E-state index in [2.05, 4.69) is 17.1 Å². The van der Waals surface area contributed by atoms with Crippen LogP contribution in [0.2, 0.25) is 0 Å². The Balaban J connectivity index is 1.46. The van der Waals surface area contributed by atoms with Gasteiger partial charge in [0, 0.05) is 44.2 Å². The molecule has 1 aliphatic carbocycles. The van der Waals surface area contributed by atoms with Crippen molar-refractivity contribution in [3.8, 4) is 0 Å². The summed E-state index contributed by atoms with van der Waals surface area (Å²) in [5, 5.41) is 2.81. The molecule has 0 spiro atoms. The molecule has 0 unspecified atom stereocenters. The van der Waals surface area contributed by atoms with Crippen LogP contribution in [0.1, 0.15) is 39.9 Å². The number of nitrogens with zero attached hydrogens (tertiary/aromatic N) is 2. The molecule has 3 rings (SSSR count). The van der Waals surface area contributed by atoms with Crippen LogP contribution in [0, 0.1) is 0 Å². The third-order valence-electron chi connectivity index (χ3n) is 5.32. The predicted octanol–water partition coefficient (Wildman–Crippen LogP) is 1.54. The van der Waals surface area contributed by atoms with Crippen molar-refractivity contribution >= 4 is 23.2 Å². The summed E-state index contributed by atoms with van der Waals surface area (Å²) in [6.07, 6.45) is 4.57. The van der Waals surface area contributed by atoms with E-state index < -0.39 is 0 Å². The standard InChI is InChI=1S/C19H29N3O3S/c1-14-13-22(8-7-21(14)9-10-25-2)18(23)12-20-19(24)17-11-15-5-3-4-6-16(15)26-17/h11,14H,3-10,12-13H2,1-2H3,(H,20,24)/t14-/m0/s1. The fourth-order valence-electron chi connectivity index (χ4n) is 3.72. The van der Waals surface area contributed by atoms with Gasteiger partial charge >= 0.3 is 0 Å². The molecule has 1 N–H and O–H groups in total. The predicted molar refractivity (Wildman–Crippen MR) is 103 cm³/mol. The van der Waals surface area contributed by atoms with Crippen molar-refractivity contribution < 1.29 is 14.3 Å². The molecule has 0 aromatic carbocycles. The van der Waals surface area contributed by atoms with Crippen LogP contribution in [-0.2, 0) is 22.4 Å². The summed E-state index contributed by atoms with van der Waals surface area (Å²) < 4.78 is 5.14. The van der Waals surface area contributed by atoms with E-state index >= 15 is 0 Å². The zero-order valence-electron chi connectivity index (χ0n) is 15.8. The molecule has 0 bridgehead atoms. The fourth-order valence-corrected chi connectivity index (χ4v) is 4.89. The maximum atomic E-state index is 12.5. The smallest absolute Gasteiger partial charge is 0.261 e. The summed E-state index contributed by atoms with van der Waals surface area (Å²) in [6, 6.07) is 2.32. The zero-order valence-corrected chi connectivity index (χ0v) is 16.6. The maximum absolute atomic E-state index is 12.5. The van der Waals surface area contributed by atoms with Gasteiger partial charge in [0.05, 0.1) is 18.0 Å². The molecule has 0 saturated carbocycles. The van der Waals surface area contributed by atoms with Gasteiger partial charge in [-0.3, -0.25) is 14.5 Å². The van der Waals surface area contributed by atoms with Gasteiger partial charge in [0.1, 0.15) is 0 Å². The van der Waals surface area contributed by atoms with E-state index in [-0.39, 0.29) is 18.4 Å². The third kappa shape index (κ3) is 4.64. The Morgan fingerprint density at radius 2 is 2.12 bits per heavy atom. The molecule has 2 aliphatic rings. The van der Waals surface area contributed by atoms with Crippen molar-refractivity contribution in [2.75, 3.05) is 46.4 Å². The molecule has 0 radical (unpaired) electrons. The van der Waals surface area contributed by atoms with Gasteiger partial charge in [-0.2, -0.15) is 0 Å². The van der Waals surface area contributed by atoms with Crippen molar-refractivity contribution in [3.05, 3.63) is 21.4 Å². The topological polar surface area (TPSA) is 61.9 Å². The highest BCUT2D eigenvalue weighted by molar-refractivity contribution is 7.14. The molecular formula is C19H29N3O3S. The van der Waals surface area contributed by atoms with Gasteiger partial charge < -0.3 is 15.0 Å². The number of nitrogens with one attached hydrogen (secondary N) is 1. The molecule has 1 atom stereocenters. The summed E-state index contributed by atoms with van der Waals surface area (Å²) in [4.78, 5) is 31.1. The van der Waals surface area contributed by atoms with Gasteiger partial charge in [-0.05, 0) is 44.2 Å². The molecule has 6 nitrogen and oxygen atoms in total. The van der Waals surface area contributed by atoms with Crippen molar-refractivity contribution in [1.82, 2.24) is 15.1 Å². The SMILES string of the molecule is COCCN1CCN(C(=O)CNC(=O)c2cc3c(s2)CCCC3)C[C@@H]1C. The maximum Gasteiger partial charge on any atom is 0.261 e. The molecule has 1 aromatic heterocycles. The second-order valence-corrected chi connectivity index (χ2v) is 8.30. The Morgan fingerprint density at radius 1 is 1.31 bits per heavy atom. The molecule has 1 fully saturated rings. The van der Waals surface area contributed by atoms with Crippen molar-refractivity contribution in [3.63, 3.8) is 0 Å². The number of carbonyl (C=O) groups excluding carboxylic acids is 2. The lowest BCUT2D eigenvalue weighted by Gasteiger charge is -2.39. The van der Waals surface area contributed by atoms with Gasteiger partial charge in [-0.1, -0.05) is 0 Å². The van der Waals surface area contributed by atoms with Crippen LogP contribution in [-0.4, -0.2) is 74.1 Å². The van der Waals surface area contributed by atoms with Gasteiger partial charge in [0.25, 0.3) is 5.91 Å². The normalized spacial score (nSPS) is 20.7. The van der Waals surface area contributed by atoms with Crippen LogP contribution in [0.25, 0.3) is 0 Å². The molecule has 7 heteroatoms. The van der Waals surface area contributed by atoms with Crippen molar-refractivity contribution in [2.45, 2.75) is 38.6 Å². The second-order valence-electron chi connectivity index (χ2n) is 7.17. The molecule has 1 saturated heterocycles. The Kier molecular flexibility index (Phi) is 6.67. The number of ether oxygens (including phenoxy) is 1. The lowest BCUT2D eigenvalue weighted by atomic mass is 9.99. The molecule has 2 amide bonds. The quantitative estimate of drug-likeness (QED) is 0.814. The first-order valence-corrected chi connectivity index (χ1v) is 10.3. The number of carbonyl (C=O) groups is 2. The summed E-state index contributed by atoms with van der Waals surface area (Å²) in [5.41, 5.74) is 1.32. The van der Waals surface area contributed by atoms with Crippen molar-refractivity contribution in [1.29, 1.82) is 0 Å². The van der Waals surface area contributed by atoms with Crippen LogP contribution < -0.4 is 5.32 Å². The van der Waals surface area contributed by atoms with Gasteiger partial charge in [0.2, 0.25) is 5.91 Å². The highest BCUT2D eigenvalue weighted by Gasteiger charge is 2.26. The highest BCUT2D eigenvalue weighted by atomic mass is 32.1. The molecule has 2 heterocycles. The molecular weight excluding hydrogens is 350 g/mol. The number of amides is 2. The number of methoxy groups -OCH3 is 1. The lowest BCUT2D eigenvalue weighted by molar-refractivity contribution is -0.133. The van der Waals surface area contributed by atoms with Crippen LogP contribution in [0.3, 0.4) is 0 Å². The number of thiophene rings is 1. The van der Waals surface area contributed by atoms with Crippen molar-refractivity contribution in [2.24, 2.45) is 0 Å². The average Bonchev–Trinajstić information content (AvgIpc) is 3.09. The number of rotatable bonds is 6. The number of hydrogen-bond donors (Lipinski definition) is 1. The summed E-state index contributed by atoms with van der Waals surface area (Å²) in [7, 11) is 1.71. The van der Waals surface area contributed by atoms with Crippen LogP contribution in [0.15, 0.2) is 6.07 Å². The Bertz CT molecular complexity index is 622. The van der Waals surface area contributed by atoms with E-state index in [1.165, 1.54) is 23.3 Å². The van der Waals surface area contributed by atoms with Gasteiger partial charge in [-0.15, -0.1) is 11.3 Å². The van der Waals surface area contributed by atoms with E-state index in [0.717, 1.165) is 30.8 Å². The lowest BCUT2D eigenvalue weighted by Crippen LogP contribution is -2.55. The summed E-state index contributed by atoms with van der Waals surface area (Å²) in [6.45, 7) is 6.05. The first-order chi connectivity index (χ1) is 12.6. The van der Waals surface area contributed by atoms with Crippen LogP contribution >= 0.6 is 11.3 Å². The minimum atomic E-state index is -0.121. The fraction of sp³-hybridized carbons (Fsp3) is 0.684. The first-order valence-electron chi connectivity index (χ1n) is 9.49. The van der Waals surface area contributed by atoms with E-state index in [0.29, 0.717) is 25.7 Å². The summed E-state index contributed by atoms with van der Waals surface area (Å²) >= 11 is 1.58. The largest absolute Gasteiger partial charge is 0.383 e. The van der Waals surface area contributed by atoms with Gasteiger partial charge in [-0.25, -0.2) is 0 Å². The van der Waals surface area contributed by atoms with E-state index in [1.807, 2.05) is 11.0 Å². The molecule has 1 aromatic rings. The van der Waals surface area contributed by atoms with E-state index in [9.17, 15) is 9.59 Å². The van der Waals surface area contributed by atoms with E-state index in [4.69, 9.17) is 4.74 Å². The molecule has 1 aliphatic heterocycles. The Hall–Kier alpha value is -1.44. The highest BCUT2D eigenvalue weighted by Crippen LogP contribution is 2.29. The number of hydrogen-bond acceptors (Lipinski definition) is 5. The van der Waals surface area contributed by atoms with Crippen LogP contribution in [0.5, 0.6) is 0 Å². The monoisotopic (exact) mass is 379 g/mol. The Labute approximate surface area is 159 Å². The molecule has 26 heavy (non-hydrogen) atoms. The van der Waals surface area contributed by atoms with Crippen LogP contribution in [0.4, 0.5) is 0 Å². The first kappa shape index (κ1) is 19.3. The minimum Gasteiger partial charge on any atom is -0.383 e. The second kappa shape index (κ2) is 8.97. The average molecular weight is 380 g/mol. The summed E-state index contributed by atoms with van der Waals surface area (Å²) in [5.74, 6) is -0.123. The van der Waals surface area contributed by atoms with Gasteiger partial charge in [0.15, 0.2) is 0 Å². The zero-order chi connectivity index (χ0) is 18.5. The number of aryl methyl sites for hydroxylation is 2. The van der Waals surface area contributed by atoms with E-state index in [1.54, 1.807) is 18.4 Å². The Morgan fingerprint density at radius 3 is 2.85 bits per heavy atom. The number of fused-ring (bicyclic) bond motifs is 1.